The lowest BCUT2D eigenvalue weighted by Crippen LogP contribution is -2.53. The summed E-state index contributed by atoms with van der Waals surface area (Å²) >= 11 is 0. The first kappa shape index (κ1) is 18.2. The highest BCUT2D eigenvalue weighted by molar-refractivity contribution is 5.16. The van der Waals surface area contributed by atoms with Crippen LogP contribution in [-0.4, -0.2) is 23.3 Å². The zero-order chi connectivity index (χ0) is 17.8. The van der Waals surface area contributed by atoms with Crippen molar-refractivity contribution in [1.82, 2.24) is 5.32 Å². The van der Waals surface area contributed by atoms with Crippen LogP contribution in [0.1, 0.15) is 45.4 Å². The minimum Gasteiger partial charge on any atom is -0.390 e. The van der Waals surface area contributed by atoms with Crippen LogP contribution in [0.3, 0.4) is 0 Å². The molecule has 3 unspecified atom stereocenters. The molecular formula is C18H23N5O. The molecule has 2 N–H and O–H groups in total. The summed E-state index contributed by atoms with van der Waals surface area (Å²) in [6.45, 7) is 2.39. The van der Waals surface area contributed by atoms with Crippen LogP contribution in [0.2, 0.25) is 0 Å². The van der Waals surface area contributed by atoms with E-state index < -0.39 is 23.5 Å². The Hall–Kier alpha value is -2.12. The second-order valence-electron chi connectivity index (χ2n) is 7.72. The summed E-state index contributed by atoms with van der Waals surface area (Å²) < 4.78 is 0. The molecule has 0 radical (unpaired) electrons. The average molecular weight is 325 g/mol. The zero-order valence-corrected chi connectivity index (χ0v) is 14.0. The number of fused-ring (bicyclic) bond motifs is 2. The smallest absolute Gasteiger partial charge is 0.150 e. The molecule has 0 aromatic heterocycles. The Labute approximate surface area is 143 Å². The molecular weight excluding hydrogens is 302 g/mol. The van der Waals surface area contributed by atoms with E-state index in [0.29, 0.717) is 18.9 Å². The summed E-state index contributed by atoms with van der Waals surface area (Å²) in [4.78, 5) is 0. The molecule has 6 heteroatoms. The van der Waals surface area contributed by atoms with Crippen LogP contribution in [-0.2, 0) is 0 Å². The van der Waals surface area contributed by atoms with E-state index in [-0.39, 0.29) is 5.41 Å². The topological polar surface area (TPSA) is 127 Å². The van der Waals surface area contributed by atoms with Gasteiger partial charge in [-0.2, -0.15) is 21.0 Å². The normalized spacial score (nSPS) is 32.0. The molecule has 24 heavy (non-hydrogen) atoms. The van der Waals surface area contributed by atoms with E-state index >= 15 is 0 Å². The molecule has 2 fully saturated rings. The summed E-state index contributed by atoms with van der Waals surface area (Å²) in [6.07, 6.45) is 5.70. The summed E-state index contributed by atoms with van der Waals surface area (Å²) in [7, 11) is 0. The van der Waals surface area contributed by atoms with E-state index in [0.717, 1.165) is 32.1 Å². The van der Waals surface area contributed by atoms with Gasteiger partial charge in [-0.1, -0.05) is 12.8 Å². The SMILES string of the molecule is CC1(O)CC2CCCC(CNC(C(C#N)C#N)C(C#N)C#N)(C2)C1. The van der Waals surface area contributed by atoms with Gasteiger partial charge < -0.3 is 10.4 Å². The van der Waals surface area contributed by atoms with Crippen molar-refractivity contribution >= 4 is 0 Å². The van der Waals surface area contributed by atoms with Gasteiger partial charge in [-0.3, -0.25) is 0 Å². The quantitative estimate of drug-likeness (QED) is 0.795. The van der Waals surface area contributed by atoms with E-state index in [1.165, 1.54) is 0 Å². The van der Waals surface area contributed by atoms with Crippen LogP contribution < -0.4 is 5.32 Å². The predicted molar refractivity (Wildman–Crippen MR) is 85.5 cm³/mol. The van der Waals surface area contributed by atoms with Gasteiger partial charge in [0.2, 0.25) is 0 Å². The van der Waals surface area contributed by atoms with Crippen molar-refractivity contribution in [2.45, 2.75) is 57.1 Å². The highest BCUT2D eigenvalue weighted by Crippen LogP contribution is 2.52. The summed E-state index contributed by atoms with van der Waals surface area (Å²) in [5.74, 6) is -1.60. The van der Waals surface area contributed by atoms with Crippen molar-refractivity contribution < 1.29 is 5.11 Å². The maximum absolute atomic E-state index is 10.6. The Kier molecular flexibility index (Phi) is 5.46. The summed E-state index contributed by atoms with van der Waals surface area (Å²) in [6, 6.07) is 6.74. The molecule has 2 aliphatic carbocycles. The monoisotopic (exact) mass is 325 g/mol. The van der Waals surface area contributed by atoms with Gasteiger partial charge >= 0.3 is 0 Å². The Morgan fingerprint density at radius 3 is 2.21 bits per heavy atom. The lowest BCUT2D eigenvalue weighted by Gasteiger charge is -2.51. The molecule has 0 aromatic rings. The maximum Gasteiger partial charge on any atom is 0.150 e. The number of aliphatic hydroxyl groups is 1. The van der Waals surface area contributed by atoms with Crippen molar-refractivity contribution in [3.8, 4) is 24.3 Å². The fraction of sp³-hybridized carbons (Fsp3) is 0.778. The number of nitriles is 4. The van der Waals surface area contributed by atoms with Gasteiger partial charge in [0, 0.05) is 6.54 Å². The molecule has 0 saturated heterocycles. The second-order valence-corrected chi connectivity index (χ2v) is 7.72. The van der Waals surface area contributed by atoms with E-state index in [9.17, 15) is 5.11 Å². The first-order chi connectivity index (χ1) is 11.4. The molecule has 2 saturated carbocycles. The van der Waals surface area contributed by atoms with Gasteiger partial charge in [-0.15, -0.1) is 0 Å². The highest BCUT2D eigenvalue weighted by Gasteiger charge is 2.47. The highest BCUT2D eigenvalue weighted by atomic mass is 16.3. The first-order valence-electron chi connectivity index (χ1n) is 8.43. The molecule has 2 bridgehead atoms. The zero-order valence-electron chi connectivity index (χ0n) is 14.0. The van der Waals surface area contributed by atoms with Gasteiger partial charge in [0.1, 0.15) is 0 Å². The van der Waals surface area contributed by atoms with Gasteiger partial charge in [0.15, 0.2) is 11.8 Å². The summed E-state index contributed by atoms with van der Waals surface area (Å²) in [5, 5.41) is 50.4. The van der Waals surface area contributed by atoms with Crippen LogP contribution in [0.4, 0.5) is 0 Å². The third kappa shape index (κ3) is 3.85. The number of nitrogens with zero attached hydrogens (tertiary/aromatic N) is 4. The molecule has 0 aliphatic heterocycles. The minimum absolute atomic E-state index is 0.0894. The molecule has 6 nitrogen and oxygen atoms in total. The van der Waals surface area contributed by atoms with Crippen LogP contribution in [0.5, 0.6) is 0 Å². The predicted octanol–water partition coefficient (Wildman–Crippen LogP) is 1.99. The summed E-state index contributed by atoms with van der Waals surface area (Å²) in [5.41, 5.74) is -0.790. The molecule has 0 heterocycles. The van der Waals surface area contributed by atoms with Crippen LogP contribution in [0.15, 0.2) is 0 Å². The third-order valence-electron chi connectivity index (χ3n) is 5.51. The van der Waals surface area contributed by atoms with Gasteiger partial charge in [-0.05, 0) is 43.9 Å². The first-order valence-corrected chi connectivity index (χ1v) is 8.43. The van der Waals surface area contributed by atoms with Crippen molar-refractivity contribution in [2.24, 2.45) is 23.2 Å². The number of nitrogens with one attached hydrogen (secondary N) is 1. The largest absolute Gasteiger partial charge is 0.390 e. The maximum atomic E-state index is 10.6. The molecule has 126 valence electrons. The molecule has 0 amide bonds. The van der Waals surface area contributed by atoms with E-state index in [2.05, 4.69) is 5.32 Å². The fourth-order valence-corrected chi connectivity index (χ4v) is 4.78. The molecule has 3 atom stereocenters. The Balaban J connectivity index is 2.16. The molecule has 0 aromatic carbocycles. The van der Waals surface area contributed by atoms with Gasteiger partial charge in [0.05, 0.1) is 35.9 Å². The second kappa shape index (κ2) is 7.19. The van der Waals surface area contributed by atoms with Crippen molar-refractivity contribution in [2.75, 3.05) is 6.54 Å². The minimum atomic E-state index is -1.05. The number of hydrogen-bond donors (Lipinski definition) is 2. The van der Waals surface area contributed by atoms with Crippen molar-refractivity contribution in [1.29, 1.82) is 21.0 Å². The standard InChI is InChI=1S/C18H23N5O/c1-17(24)5-13-3-2-4-18(6-13,11-17)12-23-16(14(7-19)8-20)15(9-21)10-22/h13-16,23-24H,2-6,11-12H2,1H3. The number of hydrogen-bond acceptors (Lipinski definition) is 6. The Bertz CT molecular complexity index is 572. The number of rotatable bonds is 5. The van der Waals surface area contributed by atoms with Crippen LogP contribution >= 0.6 is 0 Å². The van der Waals surface area contributed by atoms with Crippen LogP contribution in [0, 0.1) is 68.5 Å². The molecule has 0 spiro atoms. The average Bonchev–Trinajstić information content (AvgIpc) is 2.52. The Morgan fingerprint density at radius 2 is 1.67 bits per heavy atom. The third-order valence-corrected chi connectivity index (χ3v) is 5.51. The van der Waals surface area contributed by atoms with Crippen molar-refractivity contribution in [3.63, 3.8) is 0 Å². The van der Waals surface area contributed by atoms with E-state index in [4.69, 9.17) is 21.0 Å². The molecule has 2 aliphatic rings. The lowest BCUT2D eigenvalue weighted by molar-refractivity contribution is -0.0800. The fourth-order valence-electron chi connectivity index (χ4n) is 4.78. The van der Waals surface area contributed by atoms with Gasteiger partial charge in [-0.25, -0.2) is 0 Å². The van der Waals surface area contributed by atoms with Gasteiger partial charge in [0.25, 0.3) is 0 Å². The Morgan fingerprint density at radius 1 is 1.08 bits per heavy atom. The molecule has 2 rings (SSSR count). The van der Waals surface area contributed by atoms with E-state index in [1.54, 1.807) is 0 Å². The van der Waals surface area contributed by atoms with Crippen molar-refractivity contribution in [3.05, 3.63) is 0 Å². The van der Waals surface area contributed by atoms with Crippen LogP contribution in [0.25, 0.3) is 0 Å². The lowest BCUT2D eigenvalue weighted by atomic mass is 9.57. The van der Waals surface area contributed by atoms with E-state index in [1.807, 2.05) is 31.2 Å².